The van der Waals surface area contributed by atoms with Gasteiger partial charge in [-0.25, -0.2) is 4.39 Å². The number of amides is 1. The number of hydrogen-bond acceptors (Lipinski definition) is 2. The highest BCUT2D eigenvalue weighted by Crippen LogP contribution is 2.32. The van der Waals surface area contributed by atoms with Gasteiger partial charge in [0.2, 0.25) is 5.91 Å². The van der Waals surface area contributed by atoms with Crippen LogP contribution in [0.1, 0.15) is 37.3 Å². The number of nitrogens with one attached hydrogen (secondary N) is 3. The lowest BCUT2D eigenvalue weighted by Gasteiger charge is -2.29. The van der Waals surface area contributed by atoms with Gasteiger partial charge in [0.25, 0.3) is 0 Å². The second-order valence-electron chi connectivity index (χ2n) is 7.85. The fourth-order valence-corrected chi connectivity index (χ4v) is 3.99. The molecule has 2 aromatic rings. The normalized spacial score (nSPS) is 16.8. The van der Waals surface area contributed by atoms with E-state index in [-0.39, 0.29) is 23.1 Å². The molecular formula is C22H26ClFN4O. The third-order valence-electron chi connectivity index (χ3n) is 5.20. The molecule has 0 spiro atoms. The molecule has 7 heteroatoms. The van der Waals surface area contributed by atoms with Crippen molar-refractivity contribution in [2.75, 3.05) is 25.5 Å². The number of anilines is 1. The average molecular weight is 417 g/mol. The third-order valence-corrected chi connectivity index (χ3v) is 5.52. The Morgan fingerprint density at radius 1 is 1.28 bits per heavy atom. The van der Waals surface area contributed by atoms with E-state index in [4.69, 9.17) is 11.6 Å². The van der Waals surface area contributed by atoms with Crippen LogP contribution in [0.15, 0.2) is 47.5 Å². The Balaban J connectivity index is 1.62. The summed E-state index contributed by atoms with van der Waals surface area (Å²) in [6.07, 6.45) is 0.428. The molecule has 1 amide bonds. The molecule has 0 saturated carbocycles. The number of carbonyl (C=O) groups excluding carboxylic acids is 1. The van der Waals surface area contributed by atoms with Crippen LogP contribution in [0.3, 0.4) is 0 Å². The molecule has 2 aromatic carbocycles. The van der Waals surface area contributed by atoms with Gasteiger partial charge in [0.15, 0.2) is 5.96 Å². The van der Waals surface area contributed by atoms with E-state index in [2.05, 4.69) is 20.9 Å². The lowest BCUT2D eigenvalue weighted by atomic mass is 9.84. The zero-order chi connectivity index (χ0) is 21.0. The summed E-state index contributed by atoms with van der Waals surface area (Å²) in [6.45, 7) is 5.21. The van der Waals surface area contributed by atoms with Crippen molar-refractivity contribution < 1.29 is 9.18 Å². The van der Waals surface area contributed by atoms with E-state index < -0.39 is 0 Å². The maximum Gasteiger partial charge on any atom is 0.225 e. The summed E-state index contributed by atoms with van der Waals surface area (Å²) < 4.78 is 13.4. The van der Waals surface area contributed by atoms with Crippen LogP contribution in [-0.2, 0) is 10.2 Å². The number of fused-ring (bicyclic) bond motifs is 1. The zero-order valence-electron chi connectivity index (χ0n) is 16.9. The maximum absolute atomic E-state index is 13.4. The Morgan fingerprint density at radius 2 is 2.03 bits per heavy atom. The number of carbonyl (C=O) groups is 1. The van der Waals surface area contributed by atoms with Crippen molar-refractivity contribution in [3.63, 3.8) is 0 Å². The largest absolute Gasteiger partial charge is 0.356 e. The Bertz CT molecular complexity index is 929. The molecule has 0 fully saturated rings. The van der Waals surface area contributed by atoms with Crippen LogP contribution in [-0.4, -0.2) is 32.0 Å². The summed E-state index contributed by atoms with van der Waals surface area (Å²) >= 11 is 6.24. The predicted molar refractivity (Wildman–Crippen MR) is 116 cm³/mol. The molecule has 5 nitrogen and oxygen atoms in total. The van der Waals surface area contributed by atoms with Gasteiger partial charge in [-0.2, -0.15) is 0 Å². The molecule has 154 valence electrons. The molecule has 29 heavy (non-hydrogen) atoms. The smallest absolute Gasteiger partial charge is 0.225 e. The van der Waals surface area contributed by atoms with Crippen molar-refractivity contribution in [1.29, 1.82) is 0 Å². The zero-order valence-corrected chi connectivity index (χ0v) is 17.6. The van der Waals surface area contributed by atoms with Gasteiger partial charge in [0, 0.05) is 48.6 Å². The van der Waals surface area contributed by atoms with Gasteiger partial charge in [-0.15, -0.1) is 0 Å². The molecule has 1 aliphatic rings. The number of guanidine groups is 1. The van der Waals surface area contributed by atoms with Crippen molar-refractivity contribution in [3.8, 4) is 0 Å². The van der Waals surface area contributed by atoms with Crippen molar-refractivity contribution in [3.05, 3.63) is 64.4 Å². The third kappa shape index (κ3) is 5.07. The molecule has 1 atom stereocenters. The fraction of sp³-hybridized carbons (Fsp3) is 0.364. The van der Waals surface area contributed by atoms with Gasteiger partial charge in [-0.3, -0.25) is 9.79 Å². The lowest BCUT2D eigenvalue weighted by molar-refractivity contribution is -0.116. The highest BCUT2D eigenvalue weighted by atomic mass is 35.5. The van der Waals surface area contributed by atoms with Crippen LogP contribution in [0.4, 0.5) is 10.1 Å². The molecule has 0 aromatic heterocycles. The Labute approximate surface area is 175 Å². The van der Waals surface area contributed by atoms with Crippen LogP contribution < -0.4 is 16.0 Å². The molecule has 0 bridgehead atoms. The Kier molecular flexibility index (Phi) is 6.42. The SMILES string of the molecule is CN=C(NCC1CC(=O)Nc2ccccc21)NCC(C)(C)c1ccc(F)cc1Cl. The molecule has 1 heterocycles. The molecule has 3 N–H and O–H groups in total. The van der Waals surface area contributed by atoms with Gasteiger partial charge in [0.1, 0.15) is 5.82 Å². The van der Waals surface area contributed by atoms with E-state index in [1.807, 2.05) is 38.1 Å². The van der Waals surface area contributed by atoms with E-state index in [1.54, 1.807) is 13.1 Å². The molecule has 0 saturated heterocycles. The summed E-state index contributed by atoms with van der Waals surface area (Å²) in [7, 11) is 1.70. The van der Waals surface area contributed by atoms with Crippen LogP contribution >= 0.6 is 11.6 Å². The topological polar surface area (TPSA) is 65.5 Å². The van der Waals surface area contributed by atoms with Crippen molar-refractivity contribution >= 4 is 29.2 Å². The molecular weight excluding hydrogens is 391 g/mol. The minimum atomic E-state index is -0.350. The number of benzene rings is 2. The van der Waals surface area contributed by atoms with Crippen molar-refractivity contribution in [2.24, 2.45) is 4.99 Å². The highest BCUT2D eigenvalue weighted by Gasteiger charge is 2.26. The van der Waals surface area contributed by atoms with Gasteiger partial charge >= 0.3 is 0 Å². The predicted octanol–water partition coefficient (Wildman–Crippen LogP) is 4.05. The van der Waals surface area contributed by atoms with Crippen LogP contribution in [0.25, 0.3) is 0 Å². The second-order valence-corrected chi connectivity index (χ2v) is 8.26. The van der Waals surface area contributed by atoms with Crippen molar-refractivity contribution in [2.45, 2.75) is 31.6 Å². The average Bonchev–Trinajstić information content (AvgIpc) is 2.67. The van der Waals surface area contributed by atoms with Crippen LogP contribution in [0.2, 0.25) is 5.02 Å². The molecule has 1 aliphatic heterocycles. The quantitative estimate of drug-likeness (QED) is 0.509. The molecule has 3 rings (SSSR count). The van der Waals surface area contributed by atoms with Gasteiger partial charge in [-0.1, -0.05) is 49.7 Å². The van der Waals surface area contributed by atoms with E-state index in [9.17, 15) is 9.18 Å². The summed E-state index contributed by atoms with van der Waals surface area (Å²) in [5.41, 5.74) is 2.51. The summed E-state index contributed by atoms with van der Waals surface area (Å²) in [5, 5.41) is 9.94. The first-order valence-corrected chi connectivity index (χ1v) is 9.97. The number of para-hydroxylation sites is 1. The monoisotopic (exact) mass is 416 g/mol. The van der Waals surface area contributed by atoms with Gasteiger partial charge in [0.05, 0.1) is 0 Å². The van der Waals surface area contributed by atoms with Gasteiger partial charge < -0.3 is 16.0 Å². The van der Waals surface area contributed by atoms with E-state index >= 15 is 0 Å². The van der Waals surface area contributed by atoms with Crippen molar-refractivity contribution in [1.82, 2.24) is 10.6 Å². The number of aliphatic imine (C=N–C) groups is 1. The van der Waals surface area contributed by atoms with E-state index in [0.29, 0.717) is 30.5 Å². The summed E-state index contributed by atoms with van der Waals surface area (Å²) in [5.74, 6) is 0.375. The van der Waals surface area contributed by atoms with Gasteiger partial charge in [-0.05, 0) is 29.3 Å². The second kappa shape index (κ2) is 8.82. The molecule has 1 unspecified atom stereocenters. The maximum atomic E-state index is 13.4. The molecule has 0 aliphatic carbocycles. The Hall–Kier alpha value is -2.60. The highest BCUT2D eigenvalue weighted by molar-refractivity contribution is 6.31. The first kappa shape index (κ1) is 21.1. The van der Waals surface area contributed by atoms with Crippen LogP contribution in [0, 0.1) is 5.82 Å². The molecule has 0 radical (unpaired) electrons. The number of hydrogen-bond donors (Lipinski definition) is 3. The van der Waals surface area contributed by atoms with E-state index in [0.717, 1.165) is 16.8 Å². The minimum absolute atomic E-state index is 0.0190. The van der Waals surface area contributed by atoms with E-state index in [1.165, 1.54) is 12.1 Å². The first-order chi connectivity index (χ1) is 13.8. The lowest BCUT2D eigenvalue weighted by Crippen LogP contribution is -2.45. The fourth-order valence-electron chi connectivity index (χ4n) is 3.56. The standard InChI is InChI=1S/C22H26ClFN4O/c1-22(2,17-9-8-15(24)11-18(17)23)13-27-21(25-3)26-12-14-10-20(29)28-19-7-5-4-6-16(14)19/h4-9,11,14H,10,12-13H2,1-3H3,(H,28,29)(H2,25,26,27). The number of halogens is 2. The number of nitrogens with zero attached hydrogens (tertiary/aromatic N) is 1. The minimum Gasteiger partial charge on any atom is -0.356 e. The Morgan fingerprint density at radius 3 is 2.76 bits per heavy atom. The summed E-state index contributed by atoms with van der Waals surface area (Å²) in [6, 6.07) is 12.3. The first-order valence-electron chi connectivity index (χ1n) is 9.59. The number of rotatable bonds is 5. The summed E-state index contributed by atoms with van der Waals surface area (Å²) in [4.78, 5) is 16.3. The van der Waals surface area contributed by atoms with Crippen LogP contribution in [0.5, 0.6) is 0 Å².